The Morgan fingerprint density at radius 2 is 1.88 bits per heavy atom. The van der Waals surface area contributed by atoms with Crippen molar-refractivity contribution in [3.8, 4) is 0 Å². The minimum atomic E-state index is 0.0850. The van der Waals surface area contributed by atoms with E-state index >= 15 is 0 Å². The fourth-order valence-corrected chi connectivity index (χ4v) is 2.14. The molecule has 0 aliphatic rings. The molecule has 1 aromatic carbocycles. The molecule has 0 bridgehead atoms. The van der Waals surface area contributed by atoms with E-state index in [-0.39, 0.29) is 5.91 Å². The third-order valence-corrected chi connectivity index (χ3v) is 3.43. The first-order chi connectivity index (χ1) is 8.22. The molecule has 1 amide bonds. The highest BCUT2D eigenvalue weighted by atomic mass is 127. The molecule has 0 fully saturated rings. The van der Waals surface area contributed by atoms with Gasteiger partial charge in [0.25, 0.3) is 0 Å². The van der Waals surface area contributed by atoms with Gasteiger partial charge in [-0.2, -0.15) is 0 Å². The van der Waals surface area contributed by atoms with Crippen molar-refractivity contribution in [1.82, 2.24) is 5.32 Å². The molecule has 1 rings (SSSR count). The Hall–Kier alpha value is -0.290. The van der Waals surface area contributed by atoms with Crippen molar-refractivity contribution in [1.29, 1.82) is 0 Å². The number of rotatable bonds is 7. The van der Waals surface area contributed by atoms with Crippen molar-refractivity contribution in [3.05, 3.63) is 34.9 Å². The van der Waals surface area contributed by atoms with E-state index in [1.54, 1.807) is 0 Å². The van der Waals surface area contributed by atoms with Gasteiger partial charge in [0.05, 0.1) is 6.42 Å². The van der Waals surface area contributed by atoms with Crippen LogP contribution in [0, 0.1) is 0 Å². The van der Waals surface area contributed by atoms with Crippen LogP contribution in [0.1, 0.15) is 24.8 Å². The molecule has 0 atom stereocenters. The molecule has 2 nitrogen and oxygen atoms in total. The quantitative estimate of drug-likeness (QED) is 0.446. The second-order valence-electron chi connectivity index (χ2n) is 3.90. The average Bonchev–Trinajstić information content (AvgIpc) is 2.32. The Bertz CT molecular complexity index is 340. The van der Waals surface area contributed by atoms with E-state index in [0.717, 1.165) is 18.5 Å². The molecule has 0 unspecified atom stereocenters. The van der Waals surface area contributed by atoms with Crippen molar-refractivity contribution < 1.29 is 4.79 Å². The molecule has 0 saturated heterocycles. The van der Waals surface area contributed by atoms with Crippen molar-refractivity contribution in [2.45, 2.75) is 25.7 Å². The number of carbonyl (C=O) groups excluding carboxylic acids is 1. The zero-order valence-corrected chi connectivity index (χ0v) is 12.6. The molecule has 94 valence electrons. The highest BCUT2D eigenvalue weighted by molar-refractivity contribution is 14.1. The van der Waals surface area contributed by atoms with Gasteiger partial charge >= 0.3 is 0 Å². The molecule has 0 aromatic heterocycles. The second kappa shape index (κ2) is 8.75. The number of halogens is 2. The van der Waals surface area contributed by atoms with E-state index < -0.39 is 0 Å². The number of hydrogen-bond donors (Lipinski definition) is 1. The summed E-state index contributed by atoms with van der Waals surface area (Å²) in [4.78, 5) is 11.6. The maximum Gasteiger partial charge on any atom is 0.224 e. The lowest BCUT2D eigenvalue weighted by Crippen LogP contribution is -2.26. The average molecular weight is 366 g/mol. The lowest BCUT2D eigenvalue weighted by molar-refractivity contribution is -0.120. The van der Waals surface area contributed by atoms with E-state index in [0.29, 0.717) is 11.4 Å². The summed E-state index contributed by atoms with van der Waals surface area (Å²) in [7, 11) is 0. The van der Waals surface area contributed by atoms with Crippen LogP contribution in [0.15, 0.2) is 24.3 Å². The molecule has 1 aromatic rings. The maximum absolute atomic E-state index is 11.6. The van der Waals surface area contributed by atoms with Crippen LogP contribution in [0.25, 0.3) is 0 Å². The van der Waals surface area contributed by atoms with Crippen molar-refractivity contribution in [3.63, 3.8) is 0 Å². The van der Waals surface area contributed by atoms with Crippen molar-refractivity contribution in [2.75, 3.05) is 11.0 Å². The molecular formula is C13H17ClINO. The molecule has 0 heterocycles. The fourth-order valence-electron chi connectivity index (χ4n) is 1.47. The van der Waals surface area contributed by atoms with Crippen LogP contribution < -0.4 is 5.32 Å². The minimum Gasteiger partial charge on any atom is -0.356 e. The predicted octanol–water partition coefficient (Wildman–Crippen LogP) is 3.60. The number of hydrogen-bond acceptors (Lipinski definition) is 1. The van der Waals surface area contributed by atoms with Gasteiger partial charge in [0.1, 0.15) is 0 Å². The van der Waals surface area contributed by atoms with Crippen LogP contribution in [0.3, 0.4) is 0 Å². The van der Waals surface area contributed by atoms with Crippen LogP contribution in [0.4, 0.5) is 0 Å². The summed E-state index contributed by atoms with van der Waals surface area (Å²) in [6, 6.07) is 7.39. The molecule has 0 aliphatic carbocycles. The monoisotopic (exact) mass is 365 g/mol. The molecular weight excluding hydrogens is 349 g/mol. The lowest BCUT2D eigenvalue weighted by atomic mass is 10.1. The van der Waals surface area contributed by atoms with Gasteiger partial charge in [-0.25, -0.2) is 0 Å². The topological polar surface area (TPSA) is 29.1 Å². The van der Waals surface area contributed by atoms with Gasteiger partial charge < -0.3 is 5.32 Å². The van der Waals surface area contributed by atoms with E-state index in [4.69, 9.17) is 11.6 Å². The summed E-state index contributed by atoms with van der Waals surface area (Å²) in [5.74, 6) is 0.0850. The molecule has 0 spiro atoms. The van der Waals surface area contributed by atoms with E-state index in [1.165, 1.54) is 17.3 Å². The summed E-state index contributed by atoms with van der Waals surface area (Å²) in [5.41, 5.74) is 0.999. The van der Waals surface area contributed by atoms with Crippen LogP contribution in [0.5, 0.6) is 0 Å². The molecule has 4 heteroatoms. The normalized spacial score (nSPS) is 10.2. The Morgan fingerprint density at radius 1 is 1.18 bits per heavy atom. The Labute approximate surface area is 121 Å². The molecule has 0 saturated carbocycles. The third-order valence-electron chi connectivity index (χ3n) is 2.41. The van der Waals surface area contributed by atoms with Crippen LogP contribution >= 0.6 is 34.2 Å². The summed E-state index contributed by atoms with van der Waals surface area (Å²) in [5, 5.41) is 3.63. The molecule has 1 N–H and O–H groups in total. The first-order valence-corrected chi connectivity index (χ1v) is 7.70. The Balaban J connectivity index is 2.18. The zero-order valence-electron chi connectivity index (χ0n) is 9.72. The first kappa shape index (κ1) is 14.8. The Kier molecular flexibility index (Phi) is 7.60. The van der Waals surface area contributed by atoms with E-state index in [9.17, 15) is 4.79 Å². The number of carbonyl (C=O) groups is 1. The predicted molar refractivity (Wildman–Crippen MR) is 80.9 cm³/mol. The van der Waals surface area contributed by atoms with Crippen molar-refractivity contribution in [2.24, 2.45) is 0 Å². The smallest absolute Gasteiger partial charge is 0.224 e. The van der Waals surface area contributed by atoms with Gasteiger partial charge in [0.2, 0.25) is 5.91 Å². The third kappa shape index (κ3) is 6.88. The van der Waals surface area contributed by atoms with Gasteiger partial charge in [0, 0.05) is 11.6 Å². The summed E-state index contributed by atoms with van der Waals surface area (Å²) < 4.78 is 1.19. The van der Waals surface area contributed by atoms with Gasteiger partial charge in [-0.05, 0) is 35.0 Å². The summed E-state index contributed by atoms with van der Waals surface area (Å²) in [6.07, 6.45) is 3.91. The largest absolute Gasteiger partial charge is 0.356 e. The second-order valence-corrected chi connectivity index (χ2v) is 5.42. The van der Waals surface area contributed by atoms with Crippen molar-refractivity contribution >= 4 is 40.1 Å². The SMILES string of the molecule is O=C(Cc1ccc(Cl)cc1)NCCCCCI. The van der Waals surface area contributed by atoms with Gasteiger partial charge in [-0.1, -0.05) is 52.7 Å². The summed E-state index contributed by atoms with van der Waals surface area (Å²) in [6.45, 7) is 0.781. The van der Waals surface area contributed by atoms with Crippen LogP contribution in [0.2, 0.25) is 5.02 Å². The highest BCUT2D eigenvalue weighted by Gasteiger charge is 2.02. The standard InChI is InChI=1S/C13H17ClINO/c14-12-6-4-11(5-7-12)10-13(17)16-9-3-1-2-8-15/h4-7H,1-3,8-10H2,(H,16,17). The maximum atomic E-state index is 11.6. The highest BCUT2D eigenvalue weighted by Crippen LogP contribution is 2.09. The minimum absolute atomic E-state index is 0.0850. The van der Waals surface area contributed by atoms with E-state index in [1.807, 2.05) is 24.3 Å². The van der Waals surface area contributed by atoms with E-state index in [2.05, 4.69) is 27.9 Å². The van der Waals surface area contributed by atoms with Gasteiger partial charge in [0.15, 0.2) is 0 Å². The fraction of sp³-hybridized carbons (Fsp3) is 0.462. The number of amides is 1. The molecule has 0 aliphatic heterocycles. The zero-order chi connectivity index (χ0) is 12.5. The van der Waals surface area contributed by atoms with Gasteiger partial charge in [-0.3, -0.25) is 4.79 Å². The summed E-state index contributed by atoms with van der Waals surface area (Å²) >= 11 is 8.15. The number of unbranched alkanes of at least 4 members (excludes halogenated alkanes) is 2. The first-order valence-electron chi connectivity index (χ1n) is 5.79. The number of benzene rings is 1. The van der Waals surface area contributed by atoms with Crippen LogP contribution in [-0.2, 0) is 11.2 Å². The lowest BCUT2D eigenvalue weighted by Gasteiger charge is -2.05. The number of alkyl halides is 1. The molecule has 17 heavy (non-hydrogen) atoms. The van der Waals surface area contributed by atoms with Crippen LogP contribution in [-0.4, -0.2) is 16.9 Å². The van der Waals surface area contributed by atoms with Gasteiger partial charge in [-0.15, -0.1) is 0 Å². The molecule has 0 radical (unpaired) electrons. The Morgan fingerprint density at radius 3 is 2.53 bits per heavy atom. The number of nitrogens with one attached hydrogen (secondary N) is 1.